The van der Waals surface area contributed by atoms with Crippen molar-refractivity contribution in [2.24, 2.45) is 11.8 Å². The molecule has 2 unspecified atom stereocenters. The fourth-order valence-electron chi connectivity index (χ4n) is 4.81. The summed E-state index contributed by atoms with van der Waals surface area (Å²) >= 11 is 5.91. The summed E-state index contributed by atoms with van der Waals surface area (Å²) in [6, 6.07) is 3.85. The van der Waals surface area contributed by atoms with E-state index >= 15 is 0 Å². The average Bonchev–Trinajstić information content (AvgIpc) is 2.97. The molecule has 0 spiro atoms. The third-order valence-corrected chi connectivity index (χ3v) is 6.67. The molecular formula is C21H29ClN4O2. The van der Waals surface area contributed by atoms with Gasteiger partial charge in [0.15, 0.2) is 0 Å². The van der Waals surface area contributed by atoms with Gasteiger partial charge in [-0.05, 0) is 44.4 Å². The first kappa shape index (κ1) is 19.6. The quantitative estimate of drug-likeness (QED) is 0.539. The topological polar surface area (TPSA) is 56.8 Å². The Balaban J connectivity index is 1.17. The monoisotopic (exact) mass is 404 g/mol. The number of fused-ring (bicyclic) bond motifs is 1. The highest BCUT2D eigenvalue weighted by atomic mass is 35.5. The summed E-state index contributed by atoms with van der Waals surface area (Å²) in [6.07, 6.45) is 7.59. The van der Waals surface area contributed by atoms with E-state index in [1.165, 1.54) is 0 Å². The van der Waals surface area contributed by atoms with E-state index in [0.717, 1.165) is 77.1 Å². The van der Waals surface area contributed by atoms with E-state index in [4.69, 9.17) is 11.6 Å². The minimum atomic E-state index is -0.0178. The zero-order valence-electron chi connectivity index (χ0n) is 16.4. The summed E-state index contributed by atoms with van der Waals surface area (Å²) in [5.41, 5.74) is 0. The van der Waals surface area contributed by atoms with E-state index in [9.17, 15) is 9.59 Å². The molecule has 1 aromatic rings. The predicted molar refractivity (Wildman–Crippen MR) is 109 cm³/mol. The number of unbranched alkanes of at least 4 members (excludes halogenated alkanes) is 1. The van der Waals surface area contributed by atoms with Crippen molar-refractivity contribution < 1.29 is 9.59 Å². The maximum absolute atomic E-state index is 12.5. The van der Waals surface area contributed by atoms with Crippen LogP contribution in [0.3, 0.4) is 0 Å². The third-order valence-electron chi connectivity index (χ3n) is 6.45. The lowest BCUT2D eigenvalue weighted by molar-refractivity contribution is -0.140. The summed E-state index contributed by atoms with van der Waals surface area (Å²) in [5, 5.41) is 0.664. The van der Waals surface area contributed by atoms with Gasteiger partial charge < -0.3 is 4.90 Å². The van der Waals surface area contributed by atoms with Crippen LogP contribution in [0, 0.1) is 11.8 Å². The van der Waals surface area contributed by atoms with E-state index < -0.39 is 0 Å². The molecule has 7 heteroatoms. The second-order valence-electron chi connectivity index (χ2n) is 8.20. The van der Waals surface area contributed by atoms with Crippen LogP contribution in [0.25, 0.3) is 0 Å². The molecule has 3 aliphatic rings. The van der Waals surface area contributed by atoms with Crippen molar-refractivity contribution >= 4 is 29.2 Å². The van der Waals surface area contributed by atoms with Crippen LogP contribution in [0.15, 0.2) is 18.3 Å². The van der Waals surface area contributed by atoms with Crippen LogP contribution in [0.5, 0.6) is 0 Å². The Bertz CT molecular complexity index is 679. The maximum atomic E-state index is 12.5. The summed E-state index contributed by atoms with van der Waals surface area (Å²) < 4.78 is 0. The molecule has 152 valence electrons. The highest BCUT2D eigenvalue weighted by Crippen LogP contribution is 2.38. The number of carbonyl (C=O) groups is 2. The Labute approximate surface area is 171 Å². The van der Waals surface area contributed by atoms with Gasteiger partial charge in [0.2, 0.25) is 11.8 Å². The fourth-order valence-corrected chi connectivity index (χ4v) is 4.92. The van der Waals surface area contributed by atoms with Crippen LogP contribution in [-0.4, -0.2) is 65.9 Å². The zero-order chi connectivity index (χ0) is 19.5. The van der Waals surface area contributed by atoms with E-state index in [1.54, 1.807) is 11.1 Å². The lowest BCUT2D eigenvalue weighted by Crippen LogP contribution is -2.47. The summed E-state index contributed by atoms with van der Waals surface area (Å²) in [5.74, 6) is 1.14. The van der Waals surface area contributed by atoms with Crippen molar-refractivity contribution in [3.63, 3.8) is 0 Å². The first-order chi connectivity index (χ1) is 13.6. The number of pyridine rings is 1. The number of amides is 2. The number of anilines is 1. The third kappa shape index (κ3) is 4.18. The molecule has 6 nitrogen and oxygen atoms in total. The van der Waals surface area contributed by atoms with Crippen molar-refractivity contribution in [2.45, 2.75) is 38.5 Å². The smallest absolute Gasteiger partial charge is 0.233 e. The van der Waals surface area contributed by atoms with E-state index in [0.29, 0.717) is 11.6 Å². The Morgan fingerprint density at radius 2 is 1.57 bits per heavy atom. The van der Waals surface area contributed by atoms with Gasteiger partial charge in [-0.1, -0.05) is 24.4 Å². The Kier molecular flexibility index (Phi) is 6.16. The van der Waals surface area contributed by atoms with Gasteiger partial charge in [0.25, 0.3) is 0 Å². The van der Waals surface area contributed by atoms with Gasteiger partial charge in [0.1, 0.15) is 5.82 Å². The Hall–Kier alpha value is -1.66. The van der Waals surface area contributed by atoms with Crippen molar-refractivity contribution in [1.82, 2.24) is 14.8 Å². The standard InChI is InChI=1S/C21H29ClN4O2/c22-16-7-8-19(23-15-16)25-13-11-24(12-14-25)9-3-4-10-26-20(27)17-5-1-2-6-18(17)21(26)28/h7-8,15,17-18H,1-6,9-14H2. The fraction of sp³-hybridized carbons (Fsp3) is 0.667. The molecule has 0 radical (unpaired) electrons. The molecule has 2 amide bonds. The number of hydrogen-bond donors (Lipinski definition) is 0. The molecule has 3 fully saturated rings. The first-order valence-electron chi connectivity index (χ1n) is 10.6. The minimum Gasteiger partial charge on any atom is -0.354 e. The SMILES string of the molecule is O=C1C2CCCCC2C(=O)N1CCCCN1CCN(c2ccc(Cl)cn2)CC1. The summed E-state index contributed by atoms with van der Waals surface area (Å²) in [7, 11) is 0. The molecule has 1 aliphatic carbocycles. The lowest BCUT2D eigenvalue weighted by Gasteiger charge is -2.35. The molecule has 1 saturated carbocycles. The van der Waals surface area contributed by atoms with Gasteiger partial charge in [-0.25, -0.2) is 4.98 Å². The Morgan fingerprint density at radius 1 is 0.929 bits per heavy atom. The van der Waals surface area contributed by atoms with Crippen LogP contribution in [0.4, 0.5) is 5.82 Å². The van der Waals surface area contributed by atoms with Crippen LogP contribution >= 0.6 is 11.6 Å². The van der Waals surface area contributed by atoms with E-state index in [1.807, 2.05) is 12.1 Å². The number of halogens is 1. The Morgan fingerprint density at radius 3 is 2.18 bits per heavy atom. The molecule has 2 aliphatic heterocycles. The molecule has 2 atom stereocenters. The number of rotatable bonds is 6. The first-order valence-corrected chi connectivity index (χ1v) is 11.0. The average molecular weight is 405 g/mol. The van der Waals surface area contributed by atoms with Crippen LogP contribution in [0.2, 0.25) is 5.02 Å². The summed E-state index contributed by atoms with van der Waals surface area (Å²) in [6.45, 7) is 5.55. The maximum Gasteiger partial charge on any atom is 0.233 e. The number of aromatic nitrogens is 1. The molecular weight excluding hydrogens is 376 g/mol. The molecule has 0 N–H and O–H groups in total. The number of piperazine rings is 1. The molecule has 0 aromatic carbocycles. The normalized spacial score (nSPS) is 26.0. The highest BCUT2D eigenvalue weighted by Gasteiger charge is 2.47. The molecule has 2 saturated heterocycles. The van der Waals surface area contributed by atoms with Crippen molar-refractivity contribution in [2.75, 3.05) is 44.2 Å². The van der Waals surface area contributed by atoms with Gasteiger partial charge >= 0.3 is 0 Å². The van der Waals surface area contributed by atoms with Gasteiger partial charge in [-0.2, -0.15) is 0 Å². The van der Waals surface area contributed by atoms with Gasteiger partial charge in [-0.3, -0.25) is 19.4 Å². The van der Waals surface area contributed by atoms with Gasteiger partial charge in [0.05, 0.1) is 16.9 Å². The number of likely N-dealkylation sites (tertiary alicyclic amines) is 1. The van der Waals surface area contributed by atoms with E-state index in [2.05, 4.69) is 14.8 Å². The molecule has 3 heterocycles. The zero-order valence-corrected chi connectivity index (χ0v) is 17.1. The van der Waals surface area contributed by atoms with Crippen molar-refractivity contribution in [1.29, 1.82) is 0 Å². The predicted octanol–water partition coefficient (Wildman–Crippen LogP) is 2.81. The molecule has 0 bridgehead atoms. The largest absolute Gasteiger partial charge is 0.354 e. The summed E-state index contributed by atoms with van der Waals surface area (Å²) in [4.78, 5) is 35.7. The number of hydrogen-bond acceptors (Lipinski definition) is 5. The second-order valence-corrected chi connectivity index (χ2v) is 8.63. The number of carbonyl (C=O) groups excluding carboxylic acids is 2. The van der Waals surface area contributed by atoms with E-state index in [-0.39, 0.29) is 23.7 Å². The molecule has 28 heavy (non-hydrogen) atoms. The van der Waals surface area contributed by atoms with Crippen molar-refractivity contribution in [3.05, 3.63) is 23.4 Å². The highest BCUT2D eigenvalue weighted by molar-refractivity contribution is 6.30. The van der Waals surface area contributed by atoms with Crippen LogP contribution < -0.4 is 4.90 Å². The minimum absolute atomic E-state index is 0.0178. The van der Waals surface area contributed by atoms with Crippen LogP contribution in [-0.2, 0) is 9.59 Å². The molecule has 4 rings (SSSR count). The number of imide groups is 1. The second kappa shape index (κ2) is 8.78. The van der Waals surface area contributed by atoms with Gasteiger partial charge in [0, 0.05) is 38.9 Å². The lowest BCUT2D eigenvalue weighted by atomic mass is 9.81. The van der Waals surface area contributed by atoms with Crippen molar-refractivity contribution in [3.8, 4) is 0 Å². The van der Waals surface area contributed by atoms with Crippen LogP contribution in [0.1, 0.15) is 38.5 Å². The van der Waals surface area contributed by atoms with Gasteiger partial charge in [-0.15, -0.1) is 0 Å². The number of nitrogens with zero attached hydrogens (tertiary/aromatic N) is 4. The molecule has 1 aromatic heterocycles.